The van der Waals surface area contributed by atoms with Crippen molar-refractivity contribution in [3.05, 3.63) is 153 Å². The van der Waals surface area contributed by atoms with E-state index in [1.807, 2.05) is 104 Å². The maximum absolute atomic E-state index is 13.2. The van der Waals surface area contributed by atoms with Gasteiger partial charge in [-0.1, -0.05) is 25.1 Å². The summed E-state index contributed by atoms with van der Waals surface area (Å²) in [5, 5.41) is 4.59. The fourth-order valence-electron chi connectivity index (χ4n) is 6.09. The van der Waals surface area contributed by atoms with E-state index in [2.05, 4.69) is 68.9 Å². The van der Waals surface area contributed by atoms with Crippen molar-refractivity contribution in [2.24, 2.45) is 0 Å². The maximum atomic E-state index is 13.2. The molecule has 11 nitrogen and oxygen atoms in total. The summed E-state index contributed by atoms with van der Waals surface area (Å²) >= 11 is 8.38. The van der Waals surface area contributed by atoms with E-state index in [-0.39, 0.29) is 13.3 Å². The molecule has 8 heterocycles. The van der Waals surface area contributed by atoms with Gasteiger partial charge in [0, 0.05) is 67.5 Å². The molecule has 5 N–H and O–H groups in total. The molecule has 0 spiro atoms. The van der Waals surface area contributed by atoms with Crippen molar-refractivity contribution in [3.63, 3.8) is 0 Å². The van der Waals surface area contributed by atoms with Gasteiger partial charge in [0.2, 0.25) is 0 Å². The lowest BCUT2D eigenvalue weighted by molar-refractivity contribution is 0.0952. The van der Waals surface area contributed by atoms with Crippen LogP contribution in [-0.2, 0) is 13.1 Å². The lowest BCUT2D eigenvalue weighted by Gasteiger charge is -2.11. The van der Waals surface area contributed by atoms with Crippen LogP contribution in [0.4, 0.5) is 5.82 Å². The van der Waals surface area contributed by atoms with Gasteiger partial charge < -0.3 is 25.6 Å². The topological polar surface area (TPSA) is 156 Å². The molecule has 0 unspecified atom stereocenters. The zero-order valence-corrected chi connectivity index (χ0v) is 31.7. The number of rotatable bonds is 5. The molecule has 0 bridgehead atoms. The number of nitrogens with two attached hydrogens (primary N) is 1. The number of carbonyl (C=O) groups is 1. The second kappa shape index (κ2) is 16.9. The number of hydrogen-bond acceptors (Lipinski definition) is 7. The Morgan fingerprint density at radius 1 is 0.889 bits per heavy atom. The second-order valence-electron chi connectivity index (χ2n) is 12.3. The fourth-order valence-corrected chi connectivity index (χ4v) is 6.84. The molecule has 0 saturated carbocycles. The first-order valence-corrected chi connectivity index (χ1v) is 18.1. The van der Waals surface area contributed by atoms with Crippen LogP contribution < -0.4 is 11.1 Å². The molecule has 0 aliphatic rings. The number of fused-ring (bicyclic) bond motifs is 4. The van der Waals surface area contributed by atoms with E-state index in [1.165, 1.54) is 3.57 Å². The van der Waals surface area contributed by atoms with Crippen molar-refractivity contribution in [1.82, 2.24) is 44.8 Å². The number of carbonyl (C=O) groups excluding carboxylic acids is 1. The molecular weight excluding hydrogens is 811 g/mol. The highest BCUT2D eigenvalue weighted by molar-refractivity contribution is 14.1. The van der Waals surface area contributed by atoms with E-state index in [0.29, 0.717) is 35.0 Å². The number of anilines is 1. The number of benzene rings is 1. The summed E-state index contributed by atoms with van der Waals surface area (Å²) in [5.74, 6) is 0.289. The molecule has 0 saturated heterocycles. The van der Waals surface area contributed by atoms with E-state index < -0.39 is 0 Å². The molecule has 0 atom stereocenters. The Balaban J connectivity index is 0.000000200. The number of amides is 1. The number of hydrogen-bond donors (Lipinski definition) is 4. The SMILES string of the molecule is C.Cc1cc(N)nc(C)c1CNC(=O)c1cn(Cc2ccc3ncc(Cl)cc3c2)c2cccnc12.Ic1c[nH]c2cccnc12.c1cnc2cc[nH]c2c1. The quantitative estimate of drug-likeness (QED) is 0.126. The average molecular weight is 849 g/mol. The van der Waals surface area contributed by atoms with Crippen molar-refractivity contribution < 1.29 is 4.79 Å². The number of nitrogens with zero attached hydrogens (tertiary/aromatic N) is 6. The first-order valence-electron chi connectivity index (χ1n) is 16.7. The van der Waals surface area contributed by atoms with E-state index in [4.69, 9.17) is 17.3 Å². The predicted molar refractivity (Wildman–Crippen MR) is 227 cm³/mol. The number of aromatic nitrogens is 8. The third kappa shape index (κ3) is 8.50. The largest absolute Gasteiger partial charge is 0.384 e. The Morgan fingerprint density at radius 2 is 1.65 bits per heavy atom. The predicted octanol–water partition coefficient (Wildman–Crippen LogP) is 9.18. The summed E-state index contributed by atoms with van der Waals surface area (Å²) < 4.78 is 3.21. The van der Waals surface area contributed by atoms with Gasteiger partial charge in [-0.05, 0) is 120 Å². The van der Waals surface area contributed by atoms with Crippen LogP contribution in [0.2, 0.25) is 5.02 Å². The second-order valence-corrected chi connectivity index (χ2v) is 13.9. The van der Waals surface area contributed by atoms with Crippen LogP contribution in [0, 0.1) is 17.4 Å². The minimum absolute atomic E-state index is 0. The zero-order valence-electron chi connectivity index (χ0n) is 28.8. The molecule has 9 aromatic rings. The molecule has 13 heteroatoms. The molecule has 0 fully saturated rings. The van der Waals surface area contributed by atoms with Crippen LogP contribution >= 0.6 is 34.2 Å². The highest BCUT2D eigenvalue weighted by atomic mass is 127. The van der Waals surface area contributed by atoms with Crippen molar-refractivity contribution in [2.75, 3.05) is 5.73 Å². The lowest BCUT2D eigenvalue weighted by Crippen LogP contribution is -2.24. The Morgan fingerprint density at radius 3 is 2.43 bits per heavy atom. The molecule has 0 radical (unpaired) electrons. The van der Waals surface area contributed by atoms with Gasteiger partial charge >= 0.3 is 0 Å². The molecule has 272 valence electrons. The van der Waals surface area contributed by atoms with E-state index in [0.717, 1.165) is 60.9 Å². The van der Waals surface area contributed by atoms with E-state index in [9.17, 15) is 4.79 Å². The van der Waals surface area contributed by atoms with Gasteiger partial charge in [0.1, 0.15) is 16.9 Å². The molecular formula is C41H38ClIN10O. The summed E-state index contributed by atoms with van der Waals surface area (Å²) in [4.78, 5) is 40.8. The van der Waals surface area contributed by atoms with Crippen molar-refractivity contribution in [2.45, 2.75) is 34.4 Å². The van der Waals surface area contributed by atoms with Gasteiger partial charge in [-0.15, -0.1) is 0 Å². The summed E-state index contributed by atoms with van der Waals surface area (Å²) in [5.41, 5.74) is 16.9. The number of halogens is 2. The minimum Gasteiger partial charge on any atom is -0.384 e. The molecule has 1 aromatic carbocycles. The average Bonchev–Trinajstić information content (AvgIpc) is 3.89. The Kier molecular flexibility index (Phi) is 11.8. The number of H-pyrrole nitrogens is 2. The van der Waals surface area contributed by atoms with E-state index >= 15 is 0 Å². The summed E-state index contributed by atoms with van der Waals surface area (Å²) in [6.45, 7) is 4.80. The van der Waals surface area contributed by atoms with Gasteiger partial charge in [-0.3, -0.25) is 24.7 Å². The molecule has 8 aromatic heterocycles. The third-order valence-electron chi connectivity index (χ3n) is 8.65. The van der Waals surface area contributed by atoms with Gasteiger partial charge in [-0.25, -0.2) is 4.98 Å². The highest BCUT2D eigenvalue weighted by Crippen LogP contribution is 2.24. The number of nitrogens with one attached hydrogen (secondary N) is 3. The molecule has 1 amide bonds. The zero-order chi connectivity index (χ0) is 36.9. The number of pyridine rings is 5. The van der Waals surface area contributed by atoms with Gasteiger partial charge in [0.25, 0.3) is 5.91 Å². The van der Waals surface area contributed by atoms with Crippen LogP contribution in [0.3, 0.4) is 0 Å². The van der Waals surface area contributed by atoms with Crippen LogP contribution in [0.5, 0.6) is 0 Å². The first kappa shape index (κ1) is 37.9. The van der Waals surface area contributed by atoms with Crippen LogP contribution in [-0.4, -0.2) is 45.4 Å². The number of aromatic amines is 2. The molecule has 54 heavy (non-hydrogen) atoms. The summed E-state index contributed by atoms with van der Waals surface area (Å²) in [6, 6.07) is 23.4. The van der Waals surface area contributed by atoms with Crippen LogP contribution in [0.25, 0.3) is 44.0 Å². The summed E-state index contributed by atoms with van der Waals surface area (Å²) in [7, 11) is 0. The van der Waals surface area contributed by atoms with Crippen molar-refractivity contribution in [1.29, 1.82) is 0 Å². The monoisotopic (exact) mass is 848 g/mol. The van der Waals surface area contributed by atoms with E-state index in [1.54, 1.807) is 24.8 Å². The first-order chi connectivity index (χ1) is 25.7. The standard InChI is InChI=1S/C26H23ClN6O.C7H5IN2.C7H6N2.CH4/c1-15-8-24(28)32-16(2)20(15)12-31-26(34)21-14-33(23-4-3-7-29-25(21)23)13-17-5-6-22-18(9-17)10-19(27)11-30-22;8-5-4-10-6-2-1-3-9-7(5)6;1-2-6-7(8-4-1)3-5-9-6;/h3-11,14H,12-13H2,1-2H3,(H2,28,32)(H,31,34);1-4,10H;1-5,9H;1H4. The Hall–Kier alpha value is -5.86. The van der Waals surface area contributed by atoms with Crippen molar-refractivity contribution in [3.8, 4) is 0 Å². The Bertz CT molecular complexity index is 2670. The molecule has 0 aliphatic carbocycles. The molecule has 0 aliphatic heterocycles. The fraction of sp³-hybridized carbons (Fsp3) is 0.122. The van der Waals surface area contributed by atoms with Gasteiger partial charge in [-0.2, -0.15) is 0 Å². The number of aryl methyl sites for hydroxylation is 2. The maximum Gasteiger partial charge on any atom is 0.255 e. The van der Waals surface area contributed by atoms with Crippen LogP contribution in [0.1, 0.15) is 40.2 Å². The minimum atomic E-state index is -0.187. The number of nitrogen functional groups attached to an aromatic ring is 1. The normalized spacial score (nSPS) is 10.7. The lowest BCUT2D eigenvalue weighted by atomic mass is 10.1. The van der Waals surface area contributed by atoms with Crippen LogP contribution in [0.15, 0.2) is 116 Å². The third-order valence-corrected chi connectivity index (χ3v) is 9.68. The van der Waals surface area contributed by atoms with Gasteiger partial charge in [0.05, 0.1) is 41.7 Å². The smallest absolute Gasteiger partial charge is 0.255 e. The summed E-state index contributed by atoms with van der Waals surface area (Å²) in [6.07, 6.45) is 12.6. The Labute approximate surface area is 330 Å². The van der Waals surface area contributed by atoms with Gasteiger partial charge in [0.15, 0.2) is 0 Å². The molecule has 9 rings (SSSR count). The highest BCUT2D eigenvalue weighted by Gasteiger charge is 2.17. The van der Waals surface area contributed by atoms with Crippen molar-refractivity contribution >= 4 is 89.9 Å².